The first-order chi connectivity index (χ1) is 20.2. The summed E-state index contributed by atoms with van der Waals surface area (Å²) in [6.45, 7) is 6.79. The molecule has 0 N–H and O–H groups in total. The molecular weight excluding hydrogens is 558 g/mol. The maximum atomic E-state index is 14.0. The average Bonchev–Trinajstić information content (AvgIpc) is 3.26. The summed E-state index contributed by atoms with van der Waals surface area (Å²) in [6, 6.07) is 13.7. The standard InChI is InChI=1S/C33H34ClNO7/c1-18(2)17-41-25-10-8-21(15-28(25)40-6)30-29-31(36)22-16-23(34)19(3)13-26(22)42-32(29)33(37)35(30)12-11-20-7-9-24(38-4)27(14-20)39-5/h7-10,13-16,18,30H,11-12,17H2,1-6H3. The van der Waals surface area contributed by atoms with E-state index in [1.165, 1.54) is 0 Å². The van der Waals surface area contributed by atoms with Crippen molar-refractivity contribution in [1.29, 1.82) is 0 Å². The normalized spacial score (nSPS) is 14.4. The molecule has 3 aromatic carbocycles. The maximum Gasteiger partial charge on any atom is 0.290 e. The van der Waals surface area contributed by atoms with Gasteiger partial charge in [0.05, 0.1) is 44.9 Å². The van der Waals surface area contributed by atoms with E-state index in [9.17, 15) is 9.59 Å². The molecule has 42 heavy (non-hydrogen) atoms. The number of rotatable bonds is 10. The van der Waals surface area contributed by atoms with E-state index in [2.05, 4.69) is 13.8 Å². The summed E-state index contributed by atoms with van der Waals surface area (Å²) in [4.78, 5) is 29.6. The van der Waals surface area contributed by atoms with Gasteiger partial charge in [0.15, 0.2) is 28.4 Å². The summed E-state index contributed by atoms with van der Waals surface area (Å²) in [5.74, 6) is 2.31. The highest BCUT2D eigenvalue weighted by molar-refractivity contribution is 6.32. The summed E-state index contributed by atoms with van der Waals surface area (Å²) in [6.07, 6.45) is 0.502. The van der Waals surface area contributed by atoms with Crippen LogP contribution in [0.25, 0.3) is 11.0 Å². The van der Waals surface area contributed by atoms with E-state index >= 15 is 0 Å². The molecule has 0 aliphatic carbocycles. The number of benzene rings is 3. The van der Waals surface area contributed by atoms with Gasteiger partial charge in [-0.3, -0.25) is 9.59 Å². The molecule has 8 nitrogen and oxygen atoms in total. The molecule has 5 rings (SSSR count). The number of ether oxygens (including phenoxy) is 4. The molecule has 0 saturated carbocycles. The van der Waals surface area contributed by atoms with Crippen molar-refractivity contribution in [1.82, 2.24) is 4.90 Å². The Labute approximate surface area is 249 Å². The van der Waals surface area contributed by atoms with Gasteiger partial charge in [0, 0.05) is 11.6 Å². The van der Waals surface area contributed by atoms with Crippen molar-refractivity contribution in [3.63, 3.8) is 0 Å². The number of fused-ring (bicyclic) bond motifs is 2. The van der Waals surface area contributed by atoms with Crippen molar-refractivity contribution >= 4 is 28.5 Å². The van der Waals surface area contributed by atoms with Gasteiger partial charge in [-0.2, -0.15) is 0 Å². The summed E-state index contributed by atoms with van der Waals surface area (Å²) >= 11 is 6.39. The van der Waals surface area contributed by atoms with Crippen LogP contribution >= 0.6 is 11.6 Å². The molecule has 1 aliphatic heterocycles. The van der Waals surface area contributed by atoms with E-state index in [1.54, 1.807) is 38.4 Å². The molecule has 4 aromatic rings. The van der Waals surface area contributed by atoms with Crippen molar-refractivity contribution in [2.75, 3.05) is 34.5 Å². The minimum Gasteiger partial charge on any atom is -0.493 e. The average molecular weight is 592 g/mol. The maximum absolute atomic E-state index is 14.0. The third-order valence-corrected chi connectivity index (χ3v) is 7.82. The van der Waals surface area contributed by atoms with Gasteiger partial charge in [0.1, 0.15) is 5.58 Å². The second-order valence-electron chi connectivity index (χ2n) is 10.7. The number of halogens is 1. The number of amides is 1. The molecule has 220 valence electrons. The Bertz CT molecular complexity index is 1710. The first-order valence-electron chi connectivity index (χ1n) is 13.8. The highest BCUT2D eigenvalue weighted by Gasteiger charge is 2.43. The predicted octanol–water partition coefficient (Wildman–Crippen LogP) is 6.60. The second kappa shape index (κ2) is 12.0. The number of nitrogens with zero attached hydrogens (tertiary/aromatic N) is 1. The fourth-order valence-corrected chi connectivity index (χ4v) is 5.40. The lowest BCUT2D eigenvalue weighted by molar-refractivity contribution is 0.0729. The fraction of sp³-hybridized carbons (Fsp3) is 0.333. The van der Waals surface area contributed by atoms with Gasteiger partial charge in [-0.05, 0) is 72.4 Å². The quantitative estimate of drug-likeness (QED) is 0.205. The highest BCUT2D eigenvalue weighted by atomic mass is 35.5. The Morgan fingerprint density at radius 2 is 1.60 bits per heavy atom. The second-order valence-corrected chi connectivity index (χ2v) is 11.1. The van der Waals surface area contributed by atoms with Gasteiger partial charge in [0.2, 0.25) is 5.76 Å². The summed E-state index contributed by atoms with van der Waals surface area (Å²) in [5, 5.41) is 0.780. The number of aryl methyl sites for hydroxylation is 1. The highest BCUT2D eigenvalue weighted by Crippen LogP contribution is 2.41. The zero-order valence-corrected chi connectivity index (χ0v) is 25.3. The Morgan fingerprint density at radius 1 is 0.905 bits per heavy atom. The third-order valence-electron chi connectivity index (χ3n) is 7.41. The van der Waals surface area contributed by atoms with E-state index in [1.807, 2.05) is 43.3 Å². The van der Waals surface area contributed by atoms with Crippen LogP contribution in [0.4, 0.5) is 0 Å². The molecule has 1 amide bonds. The van der Waals surface area contributed by atoms with E-state index in [0.29, 0.717) is 70.0 Å². The third kappa shape index (κ3) is 5.39. The molecule has 0 radical (unpaired) electrons. The van der Waals surface area contributed by atoms with Crippen molar-refractivity contribution in [2.45, 2.75) is 33.2 Å². The SMILES string of the molecule is COc1ccc(CCN2C(=O)c3oc4cc(C)c(Cl)cc4c(=O)c3C2c2ccc(OCC(C)C)c(OC)c2)cc1OC. The van der Waals surface area contributed by atoms with Gasteiger partial charge < -0.3 is 28.3 Å². The lowest BCUT2D eigenvalue weighted by Crippen LogP contribution is -2.31. The number of hydrogen-bond donors (Lipinski definition) is 0. The van der Waals surface area contributed by atoms with Crippen LogP contribution < -0.4 is 24.4 Å². The van der Waals surface area contributed by atoms with Gasteiger partial charge >= 0.3 is 0 Å². The van der Waals surface area contributed by atoms with Crippen molar-refractivity contribution < 1.29 is 28.2 Å². The summed E-state index contributed by atoms with van der Waals surface area (Å²) in [5.41, 5.74) is 2.70. The van der Waals surface area contributed by atoms with E-state index in [4.69, 9.17) is 35.0 Å². The fourth-order valence-electron chi connectivity index (χ4n) is 5.23. The molecule has 1 unspecified atom stereocenters. The molecule has 0 saturated heterocycles. The Hall–Kier alpha value is -4.17. The largest absolute Gasteiger partial charge is 0.493 e. The zero-order chi connectivity index (χ0) is 30.1. The lowest BCUT2D eigenvalue weighted by Gasteiger charge is -2.26. The number of carbonyl (C=O) groups excluding carboxylic acids is 1. The number of hydrogen-bond acceptors (Lipinski definition) is 7. The topological polar surface area (TPSA) is 87.4 Å². The molecular formula is C33H34ClNO7. The minimum absolute atomic E-state index is 0.0330. The van der Waals surface area contributed by atoms with Crippen LogP contribution in [0.3, 0.4) is 0 Å². The first kappa shape index (κ1) is 29.3. The van der Waals surface area contributed by atoms with Crippen molar-refractivity contribution in [2.24, 2.45) is 5.92 Å². The molecule has 1 aromatic heterocycles. The smallest absolute Gasteiger partial charge is 0.290 e. The van der Waals surface area contributed by atoms with Crippen LogP contribution in [0.15, 0.2) is 57.7 Å². The van der Waals surface area contributed by atoms with Crippen LogP contribution in [0, 0.1) is 12.8 Å². The molecule has 0 bridgehead atoms. The van der Waals surface area contributed by atoms with Gasteiger partial charge in [-0.25, -0.2) is 0 Å². The van der Waals surface area contributed by atoms with E-state index in [0.717, 1.165) is 11.1 Å². The summed E-state index contributed by atoms with van der Waals surface area (Å²) in [7, 11) is 4.73. The van der Waals surface area contributed by atoms with Crippen LogP contribution in [0.2, 0.25) is 5.02 Å². The van der Waals surface area contributed by atoms with Gasteiger partial charge in [-0.1, -0.05) is 37.6 Å². The number of carbonyl (C=O) groups is 1. The van der Waals surface area contributed by atoms with E-state index in [-0.39, 0.29) is 22.7 Å². The predicted molar refractivity (Wildman–Crippen MR) is 162 cm³/mol. The minimum atomic E-state index is -0.707. The van der Waals surface area contributed by atoms with Crippen LogP contribution in [0.1, 0.15) is 52.7 Å². The van der Waals surface area contributed by atoms with Crippen LogP contribution in [-0.4, -0.2) is 45.3 Å². The summed E-state index contributed by atoms with van der Waals surface area (Å²) < 4.78 is 28.6. The molecule has 2 heterocycles. The molecule has 1 atom stereocenters. The molecule has 0 spiro atoms. The molecule has 1 aliphatic rings. The number of methoxy groups -OCH3 is 3. The van der Waals surface area contributed by atoms with Gasteiger partial charge in [0.25, 0.3) is 5.91 Å². The Morgan fingerprint density at radius 3 is 2.29 bits per heavy atom. The van der Waals surface area contributed by atoms with Gasteiger partial charge in [-0.15, -0.1) is 0 Å². The Balaban J connectivity index is 1.61. The van der Waals surface area contributed by atoms with Crippen molar-refractivity contribution in [3.8, 4) is 23.0 Å². The monoisotopic (exact) mass is 591 g/mol. The van der Waals surface area contributed by atoms with Crippen molar-refractivity contribution in [3.05, 3.63) is 91.8 Å². The molecule has 0 fully saturated rings. The van der Waals surface area contributed by atoms with Crippen LogP contribution in [0.5, 0.6) is 23.0 Å². The Kier molecular flexibility index (Phi) is 8.36. The lowest BCUT2D eigenvalue weighted by atomic mass is 9.97. The van der Waals surface area contributed by atoms with Crippen LogP contribution in [-0.2, 0) is 6.42 Å². The first-order valence-corrected chi connectivity index (χ1v) is 14.1. The zero-order valence-electron chi connectivity index (χ0n) is 24.6. The molecule has 9 heteroatoms. The van der Waals surface area contributed by atoms with E-state index < -0.39 is 6.04 Å².